The van der Waals surface area contributed by atoms with Crippen LogP contribution in [-0.2, 0) is 6.42 Å². The number of nitrogens with two attached hydrogens (primary N) is 1. The van der Waals surface area contributed by atoms with Gasteiger partial charge in [0.15, 0.2) is 5.65 Å². The van der Waals surface area contributed by atoms with Gasteiger partial charge in [-0.25, -0.2) is 9.50 Å². The van der Waals surface area contributed by atoms with Gasteiger partial charge in [-0.05, 0) is 38.8 Å². The third-order valence-electron chi connectivity index (χ3n) is 3.60. The maximum Gasteiger partial charge on any atom is 0.155 e. The van der Waals surface area contributed by atoms with Gasteiger partial charge in [-0.15, -0.1) is 0 Å². The van der Waals surface area contributed by atoms with Crippen molar-refractivity contribution in [3.8, 4) is 0 Å². The van der Waals surface area contributed by atoms with E-state index in [1.165, 1.54) is 25.9 Å². The van der Waals surface area contributed by atoms with Gasteiger partial charge >= 0.3 is 0 Å². The summed E-state index contributed by atoms with van der Waals surface area (Å²) in [4.78, 5) is 6.68. The molecule has 1 aliphatic heterocycles. The molecule has 3 heterocycles. The molecule has 0 aromatic carbocycles. The second kappa shape index (κ2) is 4.57. The summed E-state index contributed by atoms with van der Waals surface area (Å²) in [6.07, 6.45) is 7.12. The number of nitrogen functional groups attached to an aromatic ring is 1. The second-order valence-electron chi connectivity index (χ2n) is 5.30. The smallest absolute Gasteiger partial charge is 0.155 e. The Kier molecular flexibility index (Phi) is 2.91. The van der Waals surface area contributed by atoms with Gasteiger partial charge in [0.05, 0.1) is 23.8 Å². The van der Waals surface area contributed by atoms with Crippen LogP contribution in [0.3, 0.4) is 0 Å². The number of fused-ring (bicyclic) bond motifs is 1. The van der Waals surface area contributed by atoms with Crippen molar-refractivity contribution < 1.29 is 0 Å². The topological polar surface area (TPSA) is 59.5 Å². The number of aromatic nitrogens is 3. The zero-order chi connectivity index (χ0) is 12.5. The Bertz CT molecular complexity index is 547. The summed E-state index contributed by atoms with van der Waals surface area (Å²) in [6.45, 7) is 2.39. The van der Waals surface area contributed by atoms with E-state index in [1.54, 1.807) is 10.7 Å². The van der Waals surface area contributed by atoms with Gasteiger partial charge in [0, 0.05) is 12.6 Å². The first-order valence-corrected chi connectivity index (χ1v) is 6.49. The minimum Gasteiger partial charge on any atom is -0.396 e. The molecule has 1 fully saturated rings. The fraction of sp³-hybridized carbons (Fsp3) is 0.538. The molecule has 1 atom stereocenters. The Balaban J connectivity index is 1.78. The van der Waals surface area contributed by atoms with Crippen molar-refractivity contribution in [2.45, 2.75) is 19.3 Å². The van der Waals surface area contributed by atoms with Crippen LogP contribution < -0.4 is 5.73 Å². The Morgan fingerprint density at radius 2 is 2.39 bits per heavy atom. The van der Waals surface area contributed by atoms with Gasteiger partial charge in [-0.1, -0.05) is 0 Å². The molecule has 3 rings (SSSR count). The molecule has 5 nitrogen and oxygen atoms in total. The standard InChI is InChI=1S/C13H19N5/c1-17-4-2-3-10(8-17)5-12-6-13-15-7-11(14)9-18(13)16-12/h6-7,9-10H,2-5,8,14H2,1H3. The van der Waals surface area contributed by atoms with Gasteiger partial charge in [-0.3, -0.25) is 0 Å². The van der Waals surface area contributed by atoms with Crippen molar-refractivity contribution in [2.24, 2.45) is 5.92 Å². The number of hydrogen-bond donors (Lipinski definition) is 1. The number of likely N-dealkylation sites (tertiary alicyclic amines) is 1. The van der Waals surface area contributed by atoms with Crippen LogP contribution in [-0.4, -0.2) is 39.6 Å². The minimum atomic E-state index is 0.648. The largest absolute Gasteiger partial charge is 0.396 e. The molecule has 5 heteroatoms. The molecule has 1 saturated heterocycles. The van der Waals surface area contributed by atoms with Crippen molar-refractivity contribution in [1.82, 2.24) is 19.5 Å². The average Bonchev–Trinajstić information content (AvgIpc) is 2.70. The molecule has 2 aromatic heterocycles. The maximum absolute atomic E-state index is 5.71. The summed E-state index contributed by atoms with van der Waals surface area (Å²) in [6, 6.07) is 2.06. The molecule has 1 aliphatic rings. The lowest BCUT2D eigenvalue weighted by atomic mass is 9.94. The van der Waals surface area contributed by atoms with Crippen LogP contribution in [0, 0.1) is 5.92 Å². The molecule has 18 heavy (non-hydrogen) atoms. The van der Waals surface area contributed by atoms with Crippen LogP contribution >= 0.6 is 0 Å². The van der Waals surface area contributed by atoms with Crippen LogP contribution in [0.5, 0.6) is 0 Å². The van der Waals surface area contributed by atoms with Crippen molar-refractivity contribution in [2.75, 3.05) is 25.9 Å². The lowest BCUT2D eigenvalue weighted by molar-refractivity contribution is 0.208. The number of rotatable bonds is 2. The summed E-state index contributed by atoms with van der Waals surface area (Å²) in [5.41, 5.74) is 8.35. The van der Waals surface area contributed by atoms with Crippen molar-refractivity contribution in [1.29, 1.82) is 0 Å². The average molecular weight is 245 g/mol. The molecule has 0 spiro atoms. The predicted octanol–water partition coefficient (Wildman–Crippen LogP) is 1.20. The van der Waals surface area contributed by atoms with Gasteiger partial charge in [-0.2, -0.15) is 5.10 Å². The third kappa shape index (κ3) is 2.31. The van der Waals surface area contributed by atoms with Crippen LogP contribution in [0.4, 0.5) is 5.69 Å². The Morgan fingerprint density at radius 3 is 3.22 bits per heavy atom. The SMILES string of the molecule is CN1CCCC(Cc2cc3ncc(N)cn3n2)C1. The van der Waals surface area contributed by atoms with Crippen molar-refractivity contribution in [3.63, 3.8) is 0 Å². The van der Waals surface area contributed by atoms with E-state index in [0.29, 0.717) is 11.6 Å². The van der Waals surface area contributed by atoms with E-state index in [0.717, 1.165) is 17.8 Å². The molecule has 0 aliphatic carbocycles. The molecule has 2 N–H and O–H groups in total. The second-order valence-corrected chi connectivity index (χ2v) is 5.30. The van der Waals surface area contributed by atoms with Crippen molar-refractivity contribution in [3.05, 3.63) is 24.2 Å². The number of nitrogens with zero attached hydrogens (tertiary/aromatic N) is 4. The molecular formula is C13H19N5. The van der Waals surface area contributed by atoms with E-state index in [-0.39, 0.29) is 0 Å². The first-order valence-electron chi connectivity index (χ1n) is 6.49. The summed E-state index contributed by atoms with van der Waals surface area (Å²) >= 11 is 0. The van der Waals surface area contributed by atoms with E-state index < -0.39 is 0 Å². The first kappa shape index (κ1) is 11.5. The zero-order valence-electron chi connectivity index (χ0n) is 10.7. The van der Waals surface area contributed by atoms with Gasteiger partial charge < -0.3 is 10.6 Å². The van der Waals surface area contributed by atoms with E-state index in [2.05, 4.69) is 28.1 Å². The molecule has 0 bridgehead atoms. The Hall–Kier alpha value is -1.62. The number of hydrogen-bond acceptors (Lipinski definition) is 4. The summed E-state index contributed by atoms with van der Waals surface area (Å²) in [5, 5.41) is 4.55. The quantitative estimate of drug-likeness (QED) is 0.863. The fourth-order valence-corrected chi connectivity index (χ4v) is 2.78. The van der Waals surface area contributed by atoms with E-state index >= 15 is 0 Å². The molecule has 0 radical (unpaired) electrons. The lowest BCUT2D eigenvalue weighted by Crippen LogP contribution is -2.33. The zero-order valence-corrected chi connectivity index (χ0v) is 10.7. The molecule has 0 saturated carbocycles. The monoisotopic (exact) mass is 245 g/mol. The van der Waals surface area contributed by atoms with E-state index in [9.17, 15) is 0 Å². The Morgan fingerprint density at radius 1 is 1.50 bits per heavy atom. The highest BCUT2D eigenvalue weighted by Crippen LogP contribution is 2.19. The van der Waals surface area contributed by atoms with Crippen LogP contribution in [0.25, 0.3) is 5.65 Å². The summed E-state index contributed by atoms with van der Waals surface area (Å²) < 4.78 is 1.78. The molecule has 96 valence electrons. The van der Waals surface area contributed by atoms with Crippen molar-refractivity contribution >= 4 is 11.3 Å². The predicted molar refractivity (Wildman–Crippen MR) is 71.3 cm³/mol. The Labute approximate surface area is 107 Å². The maximum atomic E-state index is 5.71. The summed E-state index contributed by atoms with van der Waals surface area (Å²) in [7, 11) is 2.19. The highest BCUT2D eigenvalue weighted by molar-refractivity contribution is 5.44. The van der Waals surface area contributed by atoms with Gasteiger partial charge in [0.25, 0.3) is 0 Å². The highest BCUT2D eigenvalue weighted by atomic mass is 15.2. The molecule has 2 aromatic rings. The molecular weight excluding hydrogens is 226 g/mol. The number of anilines is 1. The lowest BCUT2D eigenvalue weighted by Gasteiger charge is -2.29. The van der Waals surface area contributed by atoms with Gasteiger partial charge in [0.2, 0.25) is 0 Å². The minimum absolute atomic E-state index is 0.648. The van der Waals surface area contributed by atoms with Crippen LogP contribution in [0.1, 0.15) is 18.5 Å². The molecule has 0 amide bonds. The number of piperidine rings is 1. The molecule has 1 unspecified atom stereocenters. The van der Waals surface area contributed by atoms with Crippen LogP contribution in [0.2, 0.25) is 0 Å². The fourth-order valence-electron chi connectivity index (χ4n) is 2.78. The summed E-state index contributed by atoms with van der Waals surface area (Å²) in [5.74, 6) is 0.714. The highest BCUT2D eigenvalue weighted by Gasteiger charge is 2.18. The van der Waals surface area contributed by atoms with Crippen LogP contribution in [0.15, 0.2) is 18.5 Å². The van der Waals surface area contributed by atoms with Gasteiger partial charge in [0.1, 0.15) is 0 Å². The normalized spacial score (nSPS) is 21.5. The van der Waals surface area contributed by atoms with E-state index in [4.69, 9.17) is 5.73 Å². The first-order chi connectivity index (χ1) is 8.70. The van der Waals surface area contributed by atoms with E-state index in [1.807, 2.05) is 6.20 Å². The third-order valence-corrected chi connectivity index (χ3v) is 3.60.